The van der Waals surface area contributed by atoms with E-state index >= 15 is 0 Å². The number of phenols is 2. The maximum absolute atomic E-state index is 14.1. The summed E-state index contributed by atoms with van der Waals surface area (Å²) in [6, 6.07) is 7.07. The summed E-state index contributed by atoms with van der Waals surface area (Å²) in [5, 5.41) is 30.4. The molecule has 4 bridgehead atoms. The third-order valence-corrected chi connectivity index (χ3v) is 8.20. The van der Waals surface area contributed by atoms with Crippen molar-refractivity contribution in [2.75, 3.05) is 32.7 Å². The predicted molar refractivity (Wildman–Crippen MR) is 164 cm³/mol. The Bertz CT molecular complexity index is 1280. The molecule has 12 nitrogen and oxygen atoms in total. The minimum Gasteiger partial charge on any atom is -0.508 e. The van der Waals surface area contributed by atoms with Gasteiger partial charge in [0.05, 0.1) is 6.04 Å². The van der Waals surface area contributed by atoms with E-state index in [0.717, 1.165) is 36.9 Å². The van der Waals surface area contributed by atoms with Crippen molar-refractivity contribution in [3.63, 3.8) is 0 Å². The third-order valence-electron chi connectivity index (χ3n) is 8.20. The number of nitrogens with zero attached hydrogens (tertiary/aromatic N) is 1. The zero-order valence-electron chi connectivity index (χ0n) is 24.6. The molecule has 2 heterocycles. The summed E-state index contributed by atoms with van der Waals surface area (Å²) >= 11 is 0. The molecule has 1 unspecified atom stereocenters. The molecule has 0 radical (unpaired) electrons. The van der Waals surface area contributed by atoms with Crippen LogP contribution in [0.15, 0.2) is 36.4 Å². The lowest BCUT2D eigenvalue weighted by molar-refractivity contribution is -0.137. The smallest absolute Gasteiger partial charge is 0.245 e. The van der Waals surface area contributed by atoms with E-state index in [2.05, 4.69) is 16.0 Å². The number of hydrogen-bond acceptors (Lipinski definition) is 9. The molecule has 2 aliphatic rings. The molecule has 0 aliphatic carbocycles. The van der Waals surface area contributed by atoms with Crippen LogP contribution >= 0.6 is 0 Å². The van der Waals surface area contributed by atoms with E-state index in [0.29, 0.717) is 37.2 Å². The second kappa shape index (κ2) is 15.1. The van der Waals surface area contributed by atoms with Crippen LogP contribution in [0.1, 0.15) is 43.2 Å². The van der Waals surface area contributed by atoms with Gasteiger partial charge in [-0.1, -0.05) is 18.6 Å². The minimum absolute atomic E-state index is 0.00538. The number of nitrogens with one attached hydrogen (secondary N) is 3. The van der Waals surface area contributed by atoms with Gasteiger partial charge in [-0.15, -0.1) is 0 Å². The van der Waals surface area contributed by atoms with E-state index in [9.17, 15) is 24.6 Å². The van der Waals surface area contributed by atoms with E-state index < -0.39 is 29.9 Å². The molecular weight excluding hydrogens is 550 g/mol. The Morgan fingerprint density at radius 1 is 0.907 bits per heavy atom. The van der Waals surface area contributed by atoms with Crippen LogP contribution in [0.3, 0.4) is 0 Å². The summed E-state index contributed by atoms with van der Waals surface area (Å²) in [6.45, 7) is 2.16. The quantitative estimate of drug-likeness (QED) is 0.203. The van der Waals surface area contributed by atoms with Crippen molar-refractivity contribution in [3.8, 4) is 22.6 Å². The van der Waals surface area contributed by atoms with Crippen molar-refractivity contribution in [1.82, 2.24) is 20.9 Å². The number of carbonyl (C=O) groups is 3. The number of rotatable bonds is 8. The number of carbonyl (C=O) groups excluding carboxylic acids is 3. The lowest BCUT2D eigenvalue weighted by Crippen LogP contribution is -2.58. The van der Waals surface area contributed by atoms with Crippen LogP contribution in [0.5, 0.6) is 11.5 Å². The van der Waals surface area contributed by atoms with Crippen molar-refractivity contribution in [2.24, 2.45) is 17.2 Å². The molecule has 2 aliphatic heterocycles. The van der Waals surface area contributed by atoms with Gasteiger partial charge in [0.2, 0.25) is 17.7 Å². The molecule has 234 valence electrons. The van der Waals surface area contributed by atoms with Crippen molar-refractivity contribution in [2.45, 2.75) is 69.1 Å². The molecular formula is C31H45N7O5. The van der Waals surface area contributed by atoms with Gasteiger partial charge >= 0.3 is 0 Å². The second-order valence-electron chi connectivity index (χ2n) is 11.5. The first-order chi connectivity index (χ1) is 20.7. The first-order valence-corrected chi connectivity index (χ1v) is 15.1. The Morgan fingerprint density at radius 2 is 1.58 bits per heavy atom. The molecule has 43 heavy (non-hydrogen) atoms. The first-order valence-electron chi connectivity index (χ1n) is 15.1. The van der Waals surface area contributed by atoms with E-state index in [4.69, 9.17) is 17.2 Å². The summed E-state index contributed by atoms with van der Waals surface area (Å²) < 4.78 is 0. The van der Waals surface area contributed by atoms with Crippen LogP contribution < -0.4 is 33.2 Å². The number of benzene rings is 2. The van der Waals surface area contributed by atoms with Gasteiger partial charge in [-0.2, -0.15) is 0 Å². The van der Waals surface area contributed by atoms with Gasteiger partial charge < -0.3 is 48.3 Å². The lowest BCUT2D eigenvalue weighted by Gasteiger charge is -2.33. The maximum Gasteiger partial charge on any atom is 0.245 e. The van der Waals surface area contributed by atoms with Crippen molar-refractivity contribution in [1.29, 1.82) is 0 Å². The van der Waals surface area contributed by atoms with Crippen LogP contribution in [0.2, 0.25) is 0 Å². The zero-order valence-corrected chi connectivity index (χ0v) is 24.6. The summed E-state index contributed by atoms with van der Waals surface area (Å²) in [5.74, 6) is -1.47. The van der Waals surface area contributed by atoms with Gasteiger partial charge in [0.15, 0.2) is 0 Å². The topological polar surface area (TPSA) is 209 Å². The highest BCUT2D eigenvalue weighted by atomic mass is 16.3. The largest absolute Gasteiger partial charge is 0.508 e. The fourth-order valence-corrected chi connectivity index (χ4v) is 5.76. The molecule has 11 N–H and O–H groups in total. The average molecular weight is 596 g/mol. The molecule has 4 rings (SSSR count). The standard InChI is InChI=1S/C31H45N7O5/c32-10-3-5-25-30(42)37-26(31(43)38(13-11-33)18-23-4-1-2-12-35-23)17-22-15-20(7-9-28(22)40)19-6-8-27(39)21(14-19)16-24(34)29(41)36-25/h6-9,14-15,23-26,35,39-40H,1-5,10-13,16-18,32-34H2,(H,36,41)(H,37,42)/t23?,24-,25-,26-/m0/s1. The molecule has 2 aromatic rings. The Balaban J connectivity index is 1.75. The van der Waals surface area contributed by atoms with E-state index in [1.165, 1.54) is 6.07 Å². The Kier molecular flexibility index (Phi) is 11.3. The Morgan fingerprint density at radius 3 is 2.19 bits per heavy atom. The fourth-order valence-electron chi connectivity index (χ4n) is 5.76. The van der Waals surface area contributed by atoms with Gasteiger partial charge in [-0.3, -0.25) is 14.4 Å². The number of piperidine rings is 1. The van der Waals surface area contributed by atoms with Crippen LogP contribution in [0.25, 0.3) is 11.1 Å². The van der Waals surface area contributed by atoms with Crippen molar-refractivity contribution >= 4 is 17.7 Å². The molecule has 2 aromatic carbocycles. The highest BCUT2D eigenvalue weighted by Gasteiger charge is 2.32. The zero-order chi connectivity index (χ0) is 30.9. The van der Waals surface area contributed by atoms with Crippen LogP contribution in [-0.2, 0) is 27.2 Å². The number of nitrogens with two attached hydrogens (primary N) is 3. The van der Waals surface area contributed by atoms with Crippen LogP contribution in [0.4, 0.5) is 0 Å². The highest BCUT2D eigenvalue weighted by molar-refractivity contribution is 5.93. The third kappa shape index (κ3) is 8.44. The van der Waals surface area contributed by atoms with E-state index in [1.54, 1.807) is 35.2 Å². The number of hydrogen-bond donors (Lipinski definition) is 8. The molecule has 1 saturated heterocycles. The SMILES string of the molecule is NCCC[C@@H]1NC(=O)[C@@H](N)Cc2cc(ccc2O)-c2ccc(O)c(c2)C[C@@H](C(=O)N(CCN)CC2CCCCN2)NC1=O. The average Bonchev–Trinajstić information content (AvgIpc) is 3.00. The van der Waals surface area contributed by atoms with Crippen molar-refractivity contribution < 1.29 is 24.6 Å². The lowest BCUT2D eigenvalue weighted by atomic mass is 9.95. The van der Waals surface area contributed by atoms with Crippen LogP contribution in [0, 0.1) is 0 Å². The first kappa shape index (κ1) is 32.2. The molecule has 12 heteroatoms. The molecule has 4 atom stereocenters. The fraction of sp³-hybridized carbons (Fsp3) is 0.516. The summed E-state index contributed by atoms with van der Waals surface area (Å²) in [4.78, 5) is 42.6. The summed E-state index contributed by atoms with van der Waals surface area (Å²) in [7, 11) is 0. The Hall–Kier alpha value is -3.71. The Labute approximate surface area is 252 Å². The normalized spacial score (nSPS) is 23.0. The molecule has 1 fully saturated rings. The van der Waals surface area contributed by atoms with Crippen molar-refractivity contribution in [3.05, 3.63) is 47.5 Å². The number of phenolic OH excluding ortho intramolecular Hbond substituents is 2. The van der Waals surface area contributed by atoms with Gasteiger partial charge in [0, 0.05) is 38.5 Å². The van der Waals surface area contributed by atoms with Crippen LogP contribution in [-0.4, -0.2) is 89.7 Å². The van der Waals surface area contributed by atoms with Gasteiger partial charge in [0.1, 0.15) is 23.6 Å². The maximum atomic E-state index is 14.1. The molecule has 0 spiro atoms. The highest BCUT2D eigenvalue weighted by Crippen LogP contribution is 2.31. The second-order valence-corrected chi connectivity index (χ2v) is 11.5. The number of fused-ring (bicyclic) bond motifs is 5. The molecule has 3 amide bonds. The van der Waals surface area contributed by atoms with Gasteiger partial charge in [-0.25, -0.2) is 0 Å². The minimum atomic E-state index is -1.05. The summed E-state index contributed by atoms with van der Waals surface area (Å²) in [5.41, 5.74) is 20.2. The summed E-state index contributed by atoms with van der Waals surface area (Å²) in [6.07, 6.45) is 3.80. The van der Waals surface area contributed by atoms with Gasteiger partial charge in [-0.05, 0) is 85.3 Å². The predicted octanol–water partition coefficient (Wildman–Crippen LogP) is -0.171. The molecule has 0 aromatic heterocycles. The van der Waals surface area contributed by atoms with E-state index in [1.807, 2.05) is 0 Å². The van der Waals surface area contributed by atoms with Gasteiger partial charge in [0.25, 0.3) is 0 Å². The monoisotopic (exact) mass is 595 g/mol. The number of aromatic hydroxyl groups is 2. The van der Waals surface area contributed by atoms with E-state index in [-0.39, 0.29) is 49.3 Å². The molecule has 0 saturated carbocycles. The number of amides is 3.